The fraction of sp³-hybridized carbons (Fsp3) is 0.588. The molecule has 1 aliphatic carbocycles. The first-order valence-corrected chi connectivity index (χ1v) is 8.20. The van der Waals surface area contributed by atoms with Gasteiger partial charge in [-0.15, -0.1) is 12.4 Å². The van der Waals surface area contributed by atoms with Crippen molar-refractivity contribution in [3.05, 3.63) is 29.8 Å². The van der Waals surface area contributed by atoms with Gasteiger partial charge in [0.2, 0.25) is 5.91 Å². The summed E-state index contributed by atoms with van der Waals surface area (Å²) in [7, 11) is 0. The zero-order valence-electron chi connectivity index (χ0n) is 14.1. The van der Waals surface area contributed by atoms with E-state index < -0.39 is 17.8 Å². The first-order valence-electron chi connectivity index (χ1n) is 8.20. The fourth-order valence-electron chi connectivity index (χ4n) is 2.25. The van der Waals surface area contributed by atoms with Gasteiger partial charge in [0.15, 0.2) is 0 Å². The summed E-state index contributed by atoms with van der Waals surface area (Å²) < 4.78 is 44.4. The van der Waals surface area contributed by atoms with Crippen molar-refractivity contribution < 1.29 is 22.7 Å². The lowest BCUT2D eigenvalue weighted by Gasteiger charge is -2.21. The molecule has 142 valence electrons. The number of rotatable bonds is 9. The Kier molecular flexibility index (Phi) is 8.52. The third-order valence-corrected chi connectivity index (χ3v) is 3.88. The molecular formula is C17H24ClF3N2O2. The summed E-state index contributed by atoms with van der Waals surface area (Å²) >= 11 is 0. The van der Waals surface area contributed by atoms with Crippen molar-refractivity contribution in [2.24, 2.45) is 5.92 Å². The van der Waals surface area contributed by atoms with Crippen LogP contribution >= 0.6 is 12.4 Å². The maximum atomic E-state index is 13.0. The van der Waals surface area contributed by atoms with Crippen molar-refractivity contribution in [3.8, 4) is 5.75 Å². The summed E-state index contributed by atoms with van der Waals surface area (Å²) in [6.45, 7) is 3.02. The van der Waals surface area contributed by atoms with E-state index in [9.17, 15) is 18.0 Å². The Balaban J connectivity index is 0.00000312. The second kappa shape index (κ2) is 9.87. The van der Waals surface area contributed by atoms with Gasteiger partial charge < -0.3 is 15.4 Å². The first kappa shape index (κ1) is 21.6. The fourth-order valence-corrected chi connectivity index (χ4v) is 2.25. The molecule has 0 spiro atoms. The van der Waals surface area contributed by atoms with E-state index in [-0.39, 0.29) is 37.2 Å². The van der Waals surface area contributed by atoms with Crippen molar-refractivity contribution >= 4 is 18.3 Å². The SMILES string of the molecule is CCC(CNC(=O)CNCC1CC1)Oc1ccccc1C(F)(F)F.Cl. The predicted octanol–water partition coefficient (Wildman–Crippen LogP) is 3.40. The highest BCUT2D eigenvalue weighted by molar-refractivity contribution is 5.85. The molecule has 1 amide bonds. The number of nitrogens with one attached hydrogen (secondary N) is 2. The van der Waals surface area contributed by atoms with Crippen molar-refractivity contribution in [2.75, 3.05) is 19.6 Å². The molecule has 1 fully saturated rings. The summed E-state index contributed by atoms with van der Waals surface area (Å²) in [6.07, 6.45) is -2.08. The number of carbonyl (C=O) groups is 1. The molecule has 4 nitrogen and oxygen atoms in total. The third kappa shape index (κ3) is 7.52. The number of hydrogen-bond donors (Lipinski definition) is 2. The molecule has 0 radical (unpaired) electrons. The van der Waals surface area contributed by atoms with Crippen LogP contribution < -0.4 is 15.4 Å². The quantitative estimate of drug-likeness (QED) is 0.690. The molecule has 1 unspecified atom stereocenters. The third-order valence-electron chi connectivity index (χ3n) is 3.88. The van der Waals surface area contributed by atoms with Crippen LogP contribution in [0.3, 0.4) is 0 Å². The first-order chi connectivity index (χ1) is 11.4. The Morgan fingerprint density at radius 3 is 2.60 bits per heavy atom. The van der Waals surface area contributed by atoms with Gasteiger partial charge in [-0.05, 0) is 43.9 Å². The molecule has 1 aromatic rings. The molecule has 1 atom stereocenters. The van der Waals surface area contributed by atoms with E-state index in [0.717, 1.165) is 12.6 Å². The van der Waals surface area contributed by atoms with Crippen LogP contribution in [0.4, 0.5) is 13.2 Å². The normalized spacial score (nSPS) is 15.2. The van der Waals surface area contributed by atoms with Gasteiger partial charge in [-0.25, -0.2) is 0 Å². The Morgan fingerprint density at radius 1 is 1.32 bits per heavy atom. The molecule has 0 bridgehead atoms. The van der Waals surface area contributed by atoms with Gasteiger partial charge in [-0.3, -0.25) is 4.79 Å². The average Bonchev–Trinajstić information content (AvgIpc) is 3.35. The van der Waals surface area contributed by atoms with E-state index in [1.165, 1.54) is 31.0 Å². The summed E-state index contributed by atoms with van der Waals surface area (Å²) in [5, 5.41) is 5.76. The summed E-state index contributed by atoms with van der Waals surface area (Å²) in [5.74, 6) is 0.295. The van der Waals surface area contributed by atoms with Crippen LogP contribution in [-0.2, 0) is 11.0 Å². The Morgan fingerprint density at radius 2 is 2.00 bits per heavy atom. The van der Waals surface area contributed by atoms with Crippen LogP contribution in [0.1, 0.15) is 31.7 Å². The van der Waals surface area contributed by atoms with Crippen molar-refractivity contribution in [1.29, 1.82) is 0 Å². The van der Waals surface area contributed by atoms with Crippen LogP contribution in [0.15, 0.2) is 24.3 Å². The van der Waals surface area contributed by atoms with Gasteiger partial charge in [-0.1, -0.05) is 19.1 Å². The molecule has 2 N–H and O–H groups in total. The largest absolute Gasteiger partial charge is 0.488 e. The number of alkyl halides is 3. The number of hydrogen-bond acceptors (Lipinski definition) is 3. The van der Waals surface area contributed by atoms with E-state index in [0.29, 0.717) is 12.3 Å². The smallest absolute Gasteiger partial charge is 0.419 e. The minimum atomic E-state index is -4.47. The molecule has 0 aromatic heterocycles. The van der Waals surface area contributed by atoms with Gasteiger partial charge in [-0.2, -0.15) is 13.2 Å². The number of halogens is 4. The van der Waals surface area contributed by atoms with Crippen LogP contribution in [0.5, 0.6) is 5.75 Å². The average molecular weight is 381 g/mol. The molecule has 1 aromatic carbocycles. The number of para-hydroxylation sites is 1. The van der Waals surface area contributed by atoms with Crippen molar-refractivity contribution in [1.82, 2.24) is 10.6 Å². The standard InChI is InChI=1S/C17H23F3N2O2.ClH/c1-2-13(10-22-16(23)11-21-9-12-7-8-12)24-15-6-4-3-5-14(15)17(18,19)20;/h3-6,12-13,21H,2,7-11H2,1H3,(H,22,23);1H. The van der Waals surface area contributed by atoms with Gasteiger partial charge in [0, 0.05) is 0 Å². The number of ether oxygens (including phenoxy) is 1. The number of amides is 1. The molecule has 1 saturated carbocycles. The molecule has 0 heterocycles. The molecule has 0 aliphatic heterocycles. The highest BCUT2D eigenvalue weighted by atomic mass is 35.5. The zero-order valence-corrected chi connectivity index (χ0v) is 14.9. The van der Waals surface area contributed by atoms with E-state index in [1.54, 1.807) is 6.92 Å². The Labute approximate surface area is 151 Å². The number of benzene rings is 1. The molecular weight excluding hydrogens is 357 g/mol. The topological polar surface area (TPSA) is 50.4 Å². The van der Waals surface area contributed by atoms with Crippen molar-refractivity contribution in [2.45, 2.75) is 38.5 Å². The Hall–Kier alpha value is -1.47. The van der Waals surface area contributed by atoms with Crippen LogP contribution in [-0.4, -0.2) is 31.6 Å². The highest BCUT2D eigenvalue weighted by Gasteiger charge is 2.34. The molecule has 1 aliphatic rings. The summed E-state index contributed by atoms with van der Waals surface area (Å²) in [5.41, 5.74) is -0.805. The second-order valence-corrected chi connectivity index (χ2v) is 6.02. The maximum absolute atomic E-state index is 13.0. The predicted molar refractivity (Wildman–Crippen MR) is 92.0 cm³/mol. The van der Waals surface area contributed by atoms with Crippen molar-refractivity contribution in [3.63, 3.8) is 0 Å². The number of carbonyl (C=O) groups excluding carboxylic acids is 1. The minimum absolute atomic E-state index is 0. The Bertz CT molecular complexity index is 551. The molecule has 2 rings (SSSR count). The van der Waals surface area contributed by atoms with Gasteiger partial charge >= 0.3 is 6.18 Å². The summed E-state index contributed by atoms with van der Waals surface area (Å²) in [6, 6.07) is 5.11. The zero-order chi connectivity index (χ0) is 17.6. The molecule has 25 heavy (non-hydrogen) atoms. The lowest BCUT2D eigenvalue weighted by Crippen LogP contribution is -2.40. The second-order valence-electron chi connectivity index (χ2n) is 6.02. The molecule has 0 saturated heterocycles. The van der Waals surface area contributed by atoms with E-state index in [1.807, 2.05) is 0 Å². The highest BCUT2D eigenvalue weighted by Crippen LogP contribution is 2.36. The van der Waals surface area contributed by atoms with Gasteiger partial charge in [0.1, 0.15) is 11.9 Å². The lowest BCUT2D eigenvalue weighted by atomic mass is 10.2. The van der Waals surface area contributed by atoms with E-state index in [4.69, 9.17) is 4.74 Å². The van der Waals surface area contributed by atoms with Crippen LogP contribution in [0.25, 0.3) is 0 Å². The van der Waals surface area contributed by atoms with E-state index >= 15 is 0 Å². The van der Waals surface area contributed by atoms with Gasteiger partial charge in [0.05, 0.1) is 18.7 Å². The summed E-state index contributed by atoms with van der Waals surface area (Å²) in [4.78, 5) is 11.7. The van der Waals surface area contributed by atoms with Gasteiger partial charge in [0.25, 0.3) is 0 Å². The van der Waals surface area contributed by atoms with Crippen LogP contribution in [0.2, 0.25) is 0 Å². The maximum Gasteiger partial charge on any atom is 0.419 e. The monoisotopic (exact) mass is 380 g/mol. The lowest BCUT2D eigenvalue weighted by molar-refractivity contribution is -0.139. The minimum Gasteiger partial charge on any atom is -0.488 e. The van der Waals surface area contributed by atoms with E-state index in [2.05, 4.69) is 10.6 Å². The van der Waals surface area contributed by atoms with Crippen LogP contribution in [0, 0.1) is 5.92 Å². The molecule has 8 heteroatoms.